The third-order valence-corrected chi connectivity index (χ3v) is 2.84. The maximum atomic E-state index is 11.8. The van der Waals surface area contributed by atoms with Crippen molar-refractivity contribution in [1.82, 2.24) is 0 Å². The summed E-state index contributed by atoms with van der Waals surface area (Å²) in [5, 5.41) is 15.8. The van der Waals surface area contributed by atoms with Crippen LogP contribution in [-0.4, -0.2) is 23.3 Å². The second kappa shape index (κ2) is 4.99. The van der Waals surface area contributed by atoms with E-state index in [1.807, 2.05) is 6.07 Å². The number of ether oxygens (including phenoxy) is 1. The van der Waals surface area contributed by atoms with E-state index in [4.69, 9.17) is 4.74 Å². The SMILES string of the molecule is CC(C)(C)OC(=O)Nc1c(O)ccc2c1CCCN2. The van der Waals surface area contributed by atoms with Gasteiger partial charge in [-0.15, -0.1) is 0 Å². The highest BCUT2D eigenvalue weighted by molar-refractivity contribution is 5.90. The summed E-state index contributed by atoms with van der Waals surface area (Å²) in [6.45, 7) is 6.31. The molecule has 1 amide bonds. The lowest BCUT2D eigenvalue weighted by molar-refractivity contribution is 0.0635. The van der Waals surface area contributed by atoms with Crippen LogP contribution in [-0.2, 0) is 11.2 Å². The summed E-state index contributed by atoms with van der Waals surface area (Å²) in [5.41, 5.74) is 1.76. The lowest BCUT2D eigenvalue weighted by Gasteiger charge is -2.24. The van der Waals surface area contributed by atoms with E-state index < -0.39 is 11.7 Å². The number of anilines is 2. The molecule has 1 aromatic rings. The molecule has 0 saturated heterocycles. The maximum Gasteiger partial charge on any atom is 0.412 e. The molecule has 1 aliphatic heterocycles. The molecule has 0 aromatic heterocycles. The number of rotatable bonds is 1. The van der Waals surface area contributed by atoms with Crippen molar-refractivity contribution in [2.24, 2.45) is 0 Å². The van der Waals surface area contributed by atoms with Crippen molar-refractivity contribution in [3.63, 3.8) is 0 Å². The van der Waals surface area contributed by atoms with Gasteiger partial charge in [-0.3, -0.25) is 5.32 Å². The van der Waals surface area contributed by atoms with Crippen molar-refractivity contribution in [2.75, 3.05) is 17.2 Å². The average Bonchev–Trinajstić information content (AvgIpc) is 2.31. The number of aromatic hydroxyl groups is 1. The zero-order valence-electron chi connectivity index (χ0n) is 11.5. The van der Waals surface area contributed by atoms with Crippen LogP contribution in [0.1, 0.15) is 32.8 Å². The third-order valence-electron chi connectivity index (χ3n) is 2.84. The Balaban J connectivity index is 2.22. The van der Waals surface area contributed by atoms with Gasteiger partial charge in [0, 0.05) is 17.8 Å². The summed E-state index contributed by atoms with van der Waals surface area (Å²) in [7, 11) is 0. The minimum atomic E-state index is -0.563. The topological polar surface area (TPSA) is 70.6 Å². The molecule has 0 aliphatic carbocycles. The molecule has 0 bridgehead atoms. The number of hydrogen-bond acceptors (Lipinski definition) is 4. The van der Waals surface area contributed by atoms with Gasteiger partial charge in [0.15, 0.2) is 0 Å². The van der Waals surface area contributed by atoms with Crippen molar-refractivity contribution >= 4 is 17.5 Å². The smallest absolute Gasteiger partial charge is 0.412 e. The Bertz CT molecular complexity index is 492. The number of amides is 1. The van der Waals surface area contributed by atoms with E-state index in [1.54, 1.807) is 26.8 Å². The van der Waals surface area contributed by atoms with Crippen LogP contribution in [0, 0.1) is 0 Å². The molecule has 0 saturated carbocycles. The lowest BCUT2D eigenvalue weighted by atomic mass is 10.0. The van der Waals surface area contributed by atoms with Crippen LogP contribution >= 0.6 is 0 Å². The summed E-state index contributed by atoms with van der Waals surface area (Å²) in [6, 6.07) is 3.40. The zero-order chi connectivity index (χ0) is 14.0. The zero-order valence-corrected chi connectivity index (χ0v) is 11.5. The van der Waals surface area contributed by atoms with Crippen molar-refractivity contribution in [3.05, 3.63) is 17.7 Å². The highest BCUT2D eigenvalue weighted by Gasteiger charge is 2.21. The Kier molecular flexibility index (Phi) is 3.55. The van der Waals surface area contributed by atoms with Gasteiger partial charge in [-0.25, -0.2) is 4.79 Å². The van der Waals surface area contributed by atoms with Gasteiger partial charge >= 0.3 is 6.09 Å². The largest absolute Gasteiger partial charge is 0.506 e. The summed E-state index contributed by atoms with van der Waals surface area (Å²) >= 11 is 0. The van der Waals surface area contributed by atoms with Crippen LogP contribution in [0.4, 0.5) is 16.2 Å². The highest BCUT2D eigenvalue weighted by atomic mass is 16.6. The molecule has 5 heteroatoms. The number of benzene rings is 1. The second-order valence-electron chi connectivity index (χ2n) is 5.64. The first kappa shape index (κ1) is 13.5. The molecule has 1 aromatic carbocycles. The summed E-state index contributed by atoms with van der Waals surface area (Å²) < 4.78 is 5.21. The van der Waals surface area contributed by atoms with Crippen molar-refractivity contribution in [1.29, 1.82) is 0 Å². The molecule has 1 aliphatic rings. The molecule has 0 radical (unpaired) electrons. The maximum absolute atomic E-state index is 11.8. The number of carbonyl (C=O) groups excluding carboxylic acids is 1. The van der Waals surface area contributed by atoms with Crippen molar-refractivity contribution in [3.8, 4) is 5.75 Å². The molecule has 0 fully saturated rings. The van der Waals surface area contributed by atoms with Gasteiger partial charge in [0.2, 0.25) is 0 Å². The van der Waals surface area contributed by atoms with Crippen LogP contribution in [0.2, 0.25) is 0 Å². The third kappa shape index (κ3) is 3.30. The Morgan fingerprint density at radius 3 is 2.84 bits per heavy atom. The Morgan fingerprint density at radius 1 is 1.42 bits per heavy atom. The first-order valence-corrected chi connectivity index (χ1v) is 6.45. The van der Waals surface area contributed by atoms with Gasteiger partial charge in [-0.05, 0) is 45.7 Å². The van der Waals surface area contributed by atoms with Gasteiger partial charge in [0.05, 0.1) is 5.69 Å². The Labute approximate surface area is 113 Å². The van der Waals surface area contributed by atoms with E-state index in [0.717, 1.165) is 30.6 Å². The van der Waals surface area contributed by atoms with Crippen LogP contribution in [0.3, 0.4) is 0 Å². The van der Waals surface area contributed by atoms with E-state index in [1.165, 1.54) is 0 Å². The van der Waals surface area contributed by atoms with E-state index in [-0.39, 0.29) is 5.75 Å². The molecule has 3 N–H and O–H groups in total. The molecule has 5 nitrogen and oxygen atoms in total. The van der Waals surface area contributed by atoms with Gasteiger partial charge in [-0.1, -0.05) is 0 Å². The molecular weight excluding hydrogens is 244 g/mol. The van der Waals surface area contributed by atoms with E-state index in [2.05, 4.69) is 10.6 Å². The van der Waals surface area contributed by atoms with Gasteiger partial charge in [0.25, 0.3) is 0 Å². The molecule has 0 unspecified atom stereocenters. The summed E-state index contributed by atoms with van der Waals surface area (Å²) in [6.07, 6.45) is 1.24. The number of hydrogen-bond donors (Lipinski definition) is 3. The van der Waals surface area contributed by atoms with Crippen LogP contribution in [0.15, 0.2) is 12.1 Å². The molecule has 1 heterocycles. The minimum Gasteiger partial charge on any atom is -0.506 e. The Hall–Kier alpha value is -1.91. The quantitative estimate of drug-likeness (QED) is 0.538. The fourth-order valence-corrected chi connectivity index (χ4v) is 2.09. The summed E-state index contributed by atoms with van der Waals surface area (Å²) in [5.74, 6) is 0.0632. The van der Waals surface area contributed by atoms with E-state index >= 15 is 0 Å². The van der Waals surface area contributed by atoms with Crippen LogP contribution in [0.5, 0.6) is 5.75 Å². The molecule has 104 valence electrons. The lowest BCUT2D eigenvalue weighted by Crippen LogP contribution is -2.28. The predicted octanol–water partition coefficient (Wildman–Crippen LogP) is 3.10. The van der Waals surface area contributed by atoms with Crippen LogP contribution < -0.4 is 10.6 Å². The molecule has 19 heavy (non-hydrogen) atoms. The first-order valence-electron chi connectivity index (χ1n) is 6.45. The first-order chi connectivity index (χ1) is 8.87. The molecule has 2 rings (SSSR count). The predicted molar refractivity (Wildman–Crippen MR) is 74.8 cm³/mol. The molecular formula is C14H20N2O3. The van der Waals surface area contributed by atoms with Gasteiger partial charge < -0.3 is 15.2 Å². The number of nitrogens with one attached hydrogen (secondary N) is 2. The standard InChI is InChI=1S/C14H20N2O3/c1-14(2,3)19-13(18)16-12-9-5-4-8-15-10(9)6-7-11(12)17/h6-7,15,17H,4-5,8H2,1-3H3,(H,16,18). The van der Waals surface area contributed by atoms with Crippen molar-refractivity contribution in [2.45, 2.75) is 39.2 Å². The van der Waals surface area contributed by atoms with Gasteiger partial charge in [0.1, 0.15) is 11.4 Å². The Morgan fingerprint density at radius 2 is 2.16 bits per heavy atom. The van der Waals surface area contributed by atoms with Crippen molar-refractivity contribution < 1.29 is 14.6 Å². The fourth-order valence-electron chi connectivity index (χ4n) is 2.09. The average molecular weight is 264 g/mol. The minimum absolute atomic E-state index is 0.0632. The number of fused-ring (bicyclic) bond motifs is 1. The monoisotopic (exact) mass is 264 g/mol. The molecule has 0 atom stereocenters. The highest BCUT2D eigenvalue weighted by Crippen LogP contribution is 2.36. The van der Waals surface area contributed by atoms with E-state index in [0.29, 0.717) is 5.69 Å². The normalized spacial score (nSPS) is 14.3. The van der Waals surface area contributed by atoms with Crippen LogP contribution in [0.25, 0.3) is 0 Å². The number of carbonyl (C=O) groups is 1. The fraction of sp³-hybridized carbons (Fsp3) is 0.500. The van der Waals surface area contributed by atoms with Gasteiger partial charge in [-0.2, -0.15) is 0 Å². The second-order valence-corrected chi connectivity index (χ2v) is 5.64. The summed E-state index contributed by atoms with van der Waals surface area (Å²) in [4.78, 5) is 11.8. The van der Waals surface area contributed by atoms with E-state index in [9.17, 15) is 9.90 Å². The molecule has 0 spiro atoms. The number of phenolic OH excluding ortho intramolecular Hbond substituents is 1. The number of phenols is 1.